The average molecular weight is 398 g/mol. The molecule has 0 spiro atoms. The van der Waals surface area contributed by atoms with Crippen molar-refractivity contribution in [2.75, 3.05) is 40.3 Å². The smallest absolute Gasteiger partial charge is 0.191 e. The molecule has 0 aliphatic carbocycles. The summed E-state index contributed by atoms with van der Waals surface area (Å²) < 4.78 is 5.61. The molecular weight excluding hydrogens is 367 g/mol. The normalized spacial score (nSPS) is 19.9. The minimum absolute atomic E-state index is 0. The Labute approximate surface area is 140 Å². The van der Waals surface area contributed by atoms with Gasteiger partial charge in [-0.05, 0) is 47.7 Å². The van der Waals surface area contributed by atoms with Crippen molar-refractivity contribution in [1.82, 2.24) is 15.5 Å². The van der Waals surface area contributed by atoms with Crippen LogP contribution >= 0.6 is 24.0 Å². The minimum atomic E-state index is 0. The number of aliphatic imine (C=N–C) groups is 1. The number of nitrogens with one attached hydrogen (secondary N) is 2. The molecule has 2 N–H and O–H groups in total. The molecule has 1 rings (SSSR count). The van der Waals surface area contributed by atoms with E-state index < -0.39 is 0 Å². The third-order valence-corrected chi connectivity index (χ3v) is 3.70. The topological polar surface area (TPSA) is 48.9 Å². The van der Waals surface area contributed by atoms with Crippen LogP contribution in [0.1, 0.15) is 33.6 Å². The van der Waals surface area contributed by atoms with Crippen molar-refractivity contribution in [3.05, 3.63) is 0 Å². The highest BCUT2D eigenvalue weighted by Gasteiger charge is 2.20. The number of likely N-dealkylation sites (N-methyl/N-ethyl adjacent to an activating group) is 1. The van der Waals surface area contributed by atoms with Gasteiger partial charge in [-0.1, -0.05) is 0 Å². The van der Waals surface area contributed by atoms with E-state index in [1.165, 1.54) is 6.42 Å². The van der Waals surface area contributed by atoms with Crippen LogP contribution in [0.25, 0.3) is 0 Å². The summed E-state index contributed by atoms with van der Waals surface area (Å²) in [5.41, 5.74) is 0.0617. The maximum atomic E-state index is 5.61. The zero-order valence-corrected chi connectivity index (χ0v) is 15.9. The molecule has 0 saturated carbocycles. The van der Waals surface area contributed by atoms with Gasteiger partial charge in [-0.2, -0.15) is 0 Å². The van der Waals surface area contributed by atoms with Gasteiger partial charge < -0.3 is 20.3 Å². The van der Waals surface area contributed by atoms with Crippen molar-refractivity contribution in [3.8, 4) is 0 Å². The second-order valence-corrected chi connectivity index (χ2v) is 5.92. The van der Waals surface area contributed by atoms with Crippen LogP contribution in [0.4, 0.5) is 0 Å². The van der Waals surface area contributed by atoms with Crippen LogP contribution in [0.3, 0.4) is 0 Å². The molecule has 5 nitrogen and oxygen atoms in total. The molecule has 1 saturated heterocycles. The highest BCUT2D eigenvalue weighted by Crippen LogP contribution is 2.11. The first-order valence-corrected chi connectivity index (χ1v) is 7.27. The molecule has 0 amide bonds. The highest BCUT2D eigenvalue weighted by atomic mass is 127. The lowest BCUT2D eigenvalue weighted by Crippen LogP contribution is -2.45. The van der Waals surface area contributed by atoms with Crippen LogP contribution in [0.2, 0.25) is 0 Å². The lowest BCUT2D eigenvalue weighted by molar-refractivity contribution is 0.113. The zero-order chi connectivity index (χ0) is 14.3. The van der Waals surface area contributed by atoms with Crippen molar-refractivity contribution < 1.29 is 4.74 Å². The van der Waals surface area contributed by atoms with E-state index in [0.29, 0.717) is 6.10 Å². The number of guanidine groups is 1. The predicted octanol–water partition coefficient (Wildman–Crippen LogP) is 1.68. The minimum Gasteiger partial charge on any atom is -0.376 e. The lowest BCUT2D eigenvalue weighted by Gasteiger charge is -2.31. The summed E-state index contributed by atoms with van der Waals surface area (Å²) in [6.07, 6.45) is 2.66. The van der Waals surface area contributed by atoms with Gasteiger partial charge >= 0.3 is 0 Å². The summed E-state index contributed by atoms with van der Waals surface area (Å²) in [5.74, 6) is 0.882. The van der Waals surface area contributed by atoms with Crippen molar-refractivity contribution in [1.29, 1.82) is 0 Å². The summed E-state index contributed by atoms with van der Waals surface area (Å²) in [6.45, 7) is 9.85. The maximum Gasteiger partial charge on any atom is 0.191 e. The van der Waals surface area contributed by atoms with E-state index in [2.05, 4.69) is 55.4 Å². The van der Waals surface area contributed by atoms with Crippen molar-refractivity contribution >= 4 is 29.9 Å². The first kappa shape index (κ1) is 19.9. The van der Waals surface area contributed by atoms with Gasteiger partial charge in [-0.15, -0.1) is 24.0 Å². The van der Waals surface area contributed by atoms with Crippen LogP contribution < -0.4 is 10.6 Å². The van der Waals surface area contributed by atoms with Gasteiger partial charge in [0, 0.05) is 25.2 Å². The Morgan fingerprint density at radius 3 is 2.55 bits per heavy atom. The molecular formula is C14H31IN4O. The van der Waals surface area contributed by atoms with Gasteiger partial charge in [0.2, 0.25) is 0 Å². The van der Waals surface area contributed by atoms with E-state index in [0.717, 1.165) is 38.6 Å². The fraction of sp³-hybridized carbons (Fsp3) is 0.929. The van der Waals surface area contributed by atoms with E-state index in [4.69, 9.17) is 4.74 Å². The fourth-order valence-corrected chi connectivity index (χ4v) is 1.77. The van der Waals surface area contributed by atoms with Crippen LogP contribution in [0.5, 0.6) is 0 Å². The standard InChI is InChI=1S/C14H30N4O.HI/c1-6-15-13(16-10-12-8-7-9-19-12)17-11-14(2,3)18(4)5;/h12H,6-11H2,1-5H3,(H2,15,16,17);1H. The predicted molar refractivity (Wildman–Crippen MR) is 96.1 cm³/mol. The molecule has 1 atom stereocenters. The van der Waals surface area contributed by atoms with Gasteiger partial charge in [0.05, 0.1) is 12.6 Å². The van der Waals surface area contributed by atoms with Crippen molar-refractivity contribution in [3.63, 3.8) is 0 Å². The molecule has 0 aromatic carbocycles. The number of nitrogens with zero attached hydrogens (tertiary/aromatic N) is 2. The van der Waals surface area contributed by atoms with E-state index in [1.54, 1.807) is 0 Å². The van der Waals surface area contributed by atoms with E-state index in [1.807, 2.05) is 0 Å². The summed E-state index contributed by atoms with van der Waals surface area (Å²) >= 11 is 0. The van der Waals surface area contributed by atoms with E-state index in [-0.39, 0.29) is 29.5 Å². The van der Waals surface area contributed by atoms with E-state index >= 15 is 0 Å². The van der Waals surface area contributed by atoms with Crippen LogP contribution in [0.15, 0.2) is 4.99 Å². The second-order valence-electron chi connectivity index (χ2n) is 5.92. The molecule has 1 unspecified atom stereocenters. The number of hydrogen-bond acceptors (Lipinski definition) is 3. The molecule has 0 radical (unpaired) electrons. The molecule has 20 heavy (non-hydrogen) atoms. The fourth-order valence-electron chi connectivity index (χ4n) is 1.77. The Hall–Kier alpha value is -0.0800. The molecule has 120 valence electrons. The Morgan fingerprint density at radius 1 is 1.35 bits per heavy atom. The van der Waals surface area contributed by atoms with Crippen molar-refractivity contribution in [2.24, 2.45) is 4.99 Å². The number of ether oxygens (including phenoxy) is 1. The van der Waals surface area contributed by atoms with Gasteiger partial charge in [-0.25, -0.2) is 0 Å². The van der Waals surface area contributed by atoms with Crippen molar-refractivity contribution in [2.45, 2.75) is 45.3 Å². The summed E-state index contributed by atoms with van der Waals surface area (Å²) in [4.78, 5) is 6.86. The molecule has 0 aromatic rings. The molecule has 1 heterocycles. The number of rotatable bonds is 6. The summed E-state index contributed by atoms with van der Waals surface area (Å²) in [5, 5.41) is 6.65. The monoisotopic (exact) mass is 398 g/mol. The first-order valence-electron chi connectivity index (χ1n) is 7.27. The third-order valence-electron chi connectivity index (χ3n) is 3.70. The van der Waals surface area contributed by atoms with Crippen LogP contribution in [0, 0.1) is 0 Å². The quantitative estimate of drug-likeness (QED) is 0.406. The molecule has 1 aliphatic heterocycles. The van der Waals surface area contributed by atoms with Crippen LogP contribution in [-0.2, 0) is 4.74 Å². The maximum absolute atomic E-state index is 5.61. The van der Waals surface area contributed by atoms with Gasteiger partial charge in [-0.3, -0.25) is 4.99 Å². The first-order chi connectivity index (χ1) is 8.95. The lowest BCUT2D eigenvalue weighted by atomic mass is 10.1. The number of halogens is 1. The van der Waals surface area contributed by atoms with Crippen LogP contribution in [-0.4, -0.2) is 62.8 Å². The average Bonchev–Trinajstić information content (AvgIpc) is 2.85. The van der Waals surface area contributed by atoms with Gasteiger partial charge in [0.15, 0.2) is 5.96 Å². The SMILES string of the molecule is CCNC(=NCC(C)(C)N(C)C)NCC1CCCO1.I. The Bertz CT molecular complexity index is 289. The highest BCUT2D eigenvalue weighted by molar-refractivity contribution is 14.0. The van der Waals surface area contributed by atoms with E-state index in [9.17, 15) is 0 Å². The third kappa shape index (κ3) is 7.08. The second kappa shape index (κ2) is 9.78. The molecule has 1 aliphatic rings. The summed E-state index contributed by atoms with van der Waals surface area (Å²) in [6, 6.07) is 0. The molecule has 6 heteroatoms. The Balaban J connectivity index is 0.00000361. The zero-order valence-electron chi connectivity index (χ0n) is 13.5. The number of hydrogen-bond donors (Lipinski definition) is 2. The molecule has 0 bridgehead atoms. The van der Waals surface area contributed by atoms with Gasteiger partial charge in [0.1, 0.15) is 0 Å². The summed E-state index contributed by atoms with van der Waals surface area (Å²) in [7, 11) is 4.17. The molecule has 1 fully saturated rings. The molecule has 0 aromatic heterocycles. The Kier molecular flexibility index (Phi) is 9.74. The largest absolute Gasteiger partial charge is 0.376 e. The van der Waals surface area contributed by atoms with Gasteiger partial charge in [0.25, 0.3) is 0 Å². The Morgan fingerprint density at radius 2 is 2.05 bits per heavy atom.